The van der Waals surface area contributed by atoms with Crippen LogP contribution in [0.15, 0.2) is 28.7 Å². The lowest BCUT2D eigenvalue weighted by Crippen LogP contribution is -2.46. The molecule has 1 aromatic carbocycles. The van der Waals surface area contributed by atoms with Crippen LogP contribution < -0.4 is 10.6 Å². The van der Waals surface area contributed by atoms with Crippen molar-refractivity contribution in [1.29, 1.82) is 0 Å². The Hall–Kier alpha value is -0.870. The van der Waals surface area contributed by atoms with E-state index < -0.39 is 0 Å². The van der Waals surface area contributed by atoms with Crippen LogP contribution in [-0.4, -0.2) is 18.0 Å². The Kier molecular flexibility index (Phi) is 6.01. The summed E-state index contributed by atoms with van der Waals surface area (Å²) in [5, 5.41) is 6.25. The van der Waals surface area contributed by atoms with E-state index in [0.29, 0.717) is 6.54 Å². The highest BCUT2D eigenvalue weighted by molar-refractivity contribution is 9.10. The largest absolute Gasteiger partial charge is 0.350 e. The number of hydrogen-bond acceptors (Lipinski definition) is 2. The summed E-state index contributed by atoms with van der Waals surface area (Å²) >= 11 is 3.45. The van der Waals surface area contributed by atoms with Crippen LogP contribution in [0.4, 0.5) is 0 Å². The molecule has 0 bridgehead atoms. The summed E-state index contributed by atoms with van der Waals surface area (Å²) in [5.74, 6) is 0.0358. The van der Waals surface area contributed by atoms with E-state index in [0.717, 1.165) is 16.5 Å². The molecule has 1 aromatic rings. The van der Waals surface area contributed by atoms with Crippen molar-refractivity contribution < 1.29 is 4.79 Å². The first-order valence-electron chi connectivity index (χ1n) is 6.64. The van der Waals surface area contributed by atoms with Crippen LogP contribution >= 0.6 is 15.9 Å². The van der Waals surface area contributed by atoms with Gasteiger partial charge in [0.1, 0.15) is 0 Å². The van der Waals surface area contributed by atoms with Gasteiger partial charge in [0.05, 0.1) is 6.54 Å². The molecule has 0 unspecified atom stereocenters. The van der Waals surface area contributed by atoms with Gasteiger partial charge in [0, 0.05) is 16.1 Å². The number of nitrogens with one attached hydrogen (secondary N) is 2. The average Bonchev–Trinajstić information content (AvgIpc) is 2.35. The van der Waals surface area contributed by atoms with Crippen LogP contribution in [0.25, 0.3) is 0 Å². The lowest BCUT2D eigenvalue weighted by molar-refractivity contribution is -0.122. The summed E-state index contributed by atoms with van der Waals surface area (Å²) in [6.45, 7) is 8.51. The molecule has 0 aliphatic rings. The highest BCUT2D eigenvalue weighted by Crippen LogP contribution is 2.17. The Balaban J connectivity index is 2.46. The van der Waals surface area contributed by atoms with Gasteiger partial charge in [0.15, 0.2) is 0 Å². The molecule has 2 N–H and O–H groups in total. The third kappa shape index (κ3) is 5.74. The first-order chi connectivity index (χ1) is 8.84. The van der Waals surface area contributed by atoms with Crippen LogP contribution in [0.1, 0.15) is 45.7 Å². The van der Waals surface area contributed by atoms with Gasteiger partial charge in [0.25, 0.3) is 0 Å². The minimum Gasteiger partial charge on any atom is -0.350 e. The van der Waals surface area contributed by atoms with E-state index in [1.54, 1.807) is 0 Å². The van der Waals surface area contributed by atoms with Crippen molar-refractivity contribution >= 4 is 21.8 Å². The van der Waals surface area contributed by atoms with Crippen molar-refractivity contribution in [2.24, 2.45) is 0 Å². The van der Waals surface area contributed by atoms with Gasteiger partial charge in [-0.25, -0.2) is 0 Å². The number of rotatable bonds is 6. The van der Waals surface area contributed by atoms with Crippen LogP contribution in [0.5, 0.6) is 0 Å². The van der Waals surface area contributed by atoms with Crippen molar-refractivity contribution in [3.8, 4) is 0 Å². The molecule has 0 fully saturated rings. The molecule has 1 amide bonds. The fraction of sp³-hybridized carbons (Fsp3) is 0.533. The quantitative estimate of drug-likeness (QED) is 0.841. The number of hydrogen-bond donors (Lipinski definition) is 2. The lowest BCUT2D eigenvalue weighted by Gasteiger charge is -2.25. The summed E-state index contributed by atoms with van der Waals surface area (Å²) in [4.78, 5) is 11.8. The Bertz CT molecular complexity index is 432. The molecule has 1 atom stereocenters. The molecule has 0 aliphatic carbocycles. The maximum absolute atomic E-state index is 11.8. The van der Waals surface area contributed by atoms with Gasteiger partial charge >= 0.3 is 0 Å². The topological polar surface area (TPSA) is 41.1 Å². The van der Waals surface area contributed by atoms with E-state index >= 15 is 0 Å². The van der Waals surface area contributed by atoms with Crippen molar-refractivity contribution in [2.45, 2.75) is 45.7 Å². The number of amides is 1. The zero-order chi connectivity index (χ0) is 14.5. The molecule has 0 heterocycles. The van der Waals surface area contributed by atoms with E-state index in [1.165, 1.54) is 0 Å². The molecule has 1 rings (SSSR count). The molecule has 0 saturated heterocycles. The second kappa shape index (κ2) is 7.06. The maximum atomic E-state index is 11.8. The summed E-state index contributed by atoms with van der Waals surface area (Å²) in [7, 11) is 0. The Morgan fingerprint density at radius 3 is 2.68 bits per heavy atom. The van der Waals surface area contributed by atoms with E-state index in [-0.39, 0.29) is 17.5 Å². The lowest BCUT2D eigenvalue weighted by atomic mass is 10.0. The van der Waals surface area contributed by atoms with E-state index in [4.69, 9.17) is 0 Å². The maximum Gasteiger partial charge on any atom is 0.234 e. The van der Waals surface area contributed by atoms with Gasteiger partial charge in [-0.05, 0) is 44.9 Å². The number of carbonyl (C=O) groups is 1. The standard InChI is InChI=1S/C15H23BrN2O/c1-5-15(3,4)18-14(19)10-17-11(2)12-7-6-8-13(16)9-12/h6-9,11,17H,5,10H2,1-4H3,(H,18,19)/t11-/m0/s1. The highest BCUT2D eigenvalue weighted by atomic mass is 79.9. The van der Waals surface area contributed by atoms with E-state index in [1.807, 2.05) is 26.0 Å². The summed E-state index contributed by atoms with van der Waals surface area (Å²) in [6.07, 6.45) is 0.917. The second-order valence-electron chi connectivity index (χ2n) is 5.44. The van der Waals surface area contributed by atoms with Gasteiger partial charge < -0.3 is 10.6 Å². The molecule has 0 spiro atoms. The van der Waals surface area contributed by atoms with Crippen LogP contribution in [-0.2, 0) is 4.79 Å². The fourth-order valence-corrected chi connectivity index (χ4v) is 2.07. The highest BCUT2D eigenvalue weighted by Gasteiger charge is 2.17. The third-order valence-corrected chi connectivity index (χ3v) is 3.77. The Morgan fingerprint density at radius 1 is 1.42 bits per heavy atom. The molecular weight excluding hydrogens is 304 g/mol. The van der Waals surface area contributed by atoms with Crippen LogP contribution in [0.3, 0.4) is 0 Å². The van der Waals surface area contributed by atoms with Gasteiger partial charge in [-0.15, -0.1) is 0 Å². The zero-order valence-corrected chi connectivity index (χ0v) is 13.7. The first-order valence-corrected chi connectivity index (χ1v) is 7.43. The molecule has 106 valence electrons. The van der Waals surface area contributed by atoms with Gasteiger partial charge in [0.2, 0.25) is 5.91 Å². The number of carbonyl (C=O) groups excluding carboxylic acids is 1. The van der Waals surface area contributed by atoms with Crippen molar-refractivity contribution in [2.75, 3.05) is 6.54 Å². The average molecular weight is 327 g/mol. The van der Waals surface area contributed by atoms with Crippen LogP contribution in [0, 0.1) is 0 Å². The normalized spacial score (nSPS) is 13.1. The summed E-state index contributed by atoms with van der Waals surface area (Å²) < 4.78 is 1.05. The zero-order valence-electron chi connectivity index (χ0n) is 12.1. The van der Waals surface area contributed by atoms with Gasteiger partial charge in [-0.3, -0.25) is 4.79 Å². The number of benzene rings is 1. The van der Waals surface area contributed by atoms with Crippen molar-refractivity contribution in [3.63, 3.8) is 0 Å². The molecule has 3 nitrogen and oxygen atoms in total. The second-order valence-corrected chi connectivity index (χ2v) is 6.36. The summed E-state index contributed by atoms with van der Waals surface area (Å²) in [5.41, 5.74) is 1.02. The third-order valence-electron chi connectivity index (χ3n) is 3.28. The Morgan fingerprint density at radius 2 is 2.11 bits per heavy atom. The molecule has 4 heteroatoms. The number of halogens is 1. The summed E-state index contributed by atoms with van der Waals surface area (Å²) in [6, 6.07) is 8.25. The molecule has 0 aliphatic heterocycles. The predicted octanol–water partition coefficient (Wildman–Crippen LogP) is 3.40. The van der Waals surface area contributed by atoms with Crippen molar-refractivity contribution in [3.05, 3.63) is 34.3 Å². The van der Waals surface area contributed by atoms with Crippen molar-refractivity contribution in [1.82, 2.24) is 10.6 Å². The fourth-order valence-electron chi connectivity index (χ4n) is 1.65. The monoisotopic (exact) mass is 326 g/mol. The first kappa shape index (κ1) is 16.2. The minimum absolute atomic E-state index is 0.0358. The van der Waals surface area contributed by atoms with Gasteiger partial charge in [-0.2, -0.15) is 0 Å². The molecule has 19 heavy (non-hydrogen) atoms. The molecule has 0 aromatic heterocycles. The van der Waals surface area contributed by atoms with Crippen LogP contribution in [0.2, 0.25) is 0 Å². The van der Waals surface area contributed by atoms with Gasteiger partial charge in [-0.1, -0.05) is 35.0 Å². The smallest absolute Gasteiger partial charge is 0.234 e. The predicted molar refractivity (Wildman–Crippen MR) is 83.1 cm³/mol. The minimum atomic E-state index is -0.141. The van der Waals surface area contributed by atoms with E-state index in [9.17, 15) is 4.79 Å². The Labute approximate surface area is 124 Å². The molecule has 0 radical (unpaired) electrons. The molecule has 0 saturated carbocycles. The SMILES string of the molecule is CCC(C)(C)NC(=O)CN[C@@H](C)c1cccc(Br)c1. The molecular formula is C15H23BrN2O. The van der Waals surface area contributed by atoms with E-state index in [2.05, 4.69) is 52.5 Å².